The second-order valence-corrected chi connectivity index (χ2v) is 3.78. The number of piperazine rings is 1. The highest BCUT2D eigenvalue weighted by Gasteiger charge is 2.32. The molecular formula is C10H15N3O2. The molecule has 5 nitrogen and oxygen atoms in total. The summed E-state index contributed by atoms with van der Waals surface area (Å²) in [6.07, 6.45) is 4.74. The van der Waals surface area contributed by atoms with Gasteiger partial charge in [0, 0.05) is 38.9 Å². The van der Waals surface area contributed by atoms with Gasteiger partial charge in [0.2, 0.25) is 0 Å². The van der Waals surface area contributed by atoms with E-state index in [0.717, 1.165) is 32.8 Å². The molecule has 1 N–H and O–H groups in total. The fourth-order valence-electron chi connectivity index (χ4n) is 2.03. The molecule has 1 unspecified atom stereocenters. The van der Waals surface area contributed by atoms with Crippen LogP contribution in [0.25, 0.3) is 0 Å². The number of rotatable bonds is 1. The molecule has 0 radical (unpaired) electrons. The van der Waals surface area contributed by atoms with Crippen molar-refractivity contribution in [3.05, 3.63) is 0 Å². The van der Waals surface area contributed by atoms with Crippen molar-refractivity contribution in [2.75, 3.05) is 39.5 Å². The number of ether oxygens (including phenoxy) is 1. The molecule has 2 heterocycles. The van der Waals surface area contributed by atoms with Crippen molar-refractivity contribution in [2.24, 2.45) is 0 Å². The maximum Gasteiger partial charge on any atom is 0.410 e. The Balaban J connectivity index is 1.84. The van der Waals surface area contributed by atoms with Crippen LogP contribution < -0.4 is 5.32 Å². The Morgan fingerprint density at radius 3 is 3.27 bits per heavy atom. The van der Waals surface area contributed by atoms with Crippen molar-refractivity contribution in [2.45, 2.75) is 6.04 Å². The quantitative estimate of drug-likeness (QED) is 0.580. The highest BCUT2D eigenvalue weighted by atomic mass is 16.6. The zero-order valence-electron chi connectivity index (χ0n) is 8.61. The first-order valence-electron chi connectivity index (χ1n) is 5.11. The Morgan fingerprint density at radius 1 is 1.60 bits per heavy atom. The van der Waals surface area contributed by atoms with Crippen LogP contribution in [0.2, 0.25) is 0 Å². The number of nitrogens with one attached hydrogen (secondary N) is 1. The third kappa shape index (κ3) is 2.22. The van der Waals surface area contributed by atoms with Crippen molar-refractivity contribution in [1.29, 1.82) is 0 Å². The zero-order chi connectivity index (χ0) is 10.7. The summed E-state index contributed by atoms with van der Waals surface area (Å²) in [5, 5.41) is 3.28. The van der Waals surface area contributed by atoms with E-state index < -0.39 is 0 Å². The van der Waals surface area contributed by atoms with Gasteiger partial charge < -0.3 is 15.0 Å². The van der Waals surface area contributed by atoms with Gasteiger partial charge in [-0.05, 0) is 0 Å². The molecule has 0 saturated carbocycles. The third-order valence-electron chi connectivity index (χ3n) is 2.84. The molecule has 1 amide bonds. The lowest BCUT2D eigenvalue weighted by Crippen LogP contribution is -2.53. The summed E-state index contributed by atoms with van der Waals surface area (Å²) in [5.74, 6) is 2.29. The lowest BCUT2D eigenvalue weighted by molar-refractivity contribution is 0.0732. The van der Waals surface area contributed by atoms with E-state index >= 15 is 0 Å². The smallest absolute Gasteiger partial charge is 0.410 e. The summed E-state index contributed by atoms with van der Waals surface area (Å²) in [6, 6.07) is 0.428. The van der Waals surface area contributed by atoms with E-state index in [-0.39, 0.29) is 12.7 Å². The fraction of sp³-hybridized carbons (Fsp3) is 0.700. The van der Waals surface area contributed by atoms with Crippen LogP contribution >= 0.6 is 0 Å². The summed E-state index contributed by atoms with van der Waals surface area (Å²) >= 11 is 0. The predicted octanol–water partition coefficient (Wildman–Crippen LogP) is -0.697. The molecular weight excluding hydrogens is 194 g/mol. The number of hydrogen-bond donors (Lipinski definition) is 1. The van der Waals surface area contributed by atoms with Gasteiger partial charge in [-0.1, -0.05) is 5.92 Å². The van der Waals surface area contributed by atoms with Crippen LogP contribution in [0.5, 0.6) is 0 Å². The molecule has 2 fully saturated rings. The Kier molecular flexibility index (Phi) is 3.09. The van der Waals surface area contributed by atoms with Crippen molar-refractivity contribution in [3.8, 4) is 12.3 Å². The minimum atomic E-state index is -0.292. The zero-order valence-corrected chi connectivity index (χ0v) is 8.61. The van der Waals surface area contributed by atoms with Gasteiger partial charge in [0.25, 0.3) is 0 Å². The van der Waals surface area contributed by atoms with Gasteiger partial charge in [-0.15, -0.1) is 6.42 Å². The largest absolute Gasteiger partial charge is 0.436 e. The Hall–Kier alpha value is -1.25. The Labute approximate surface area is 89.4 Å². The van der Waals surface area contributed by atoms with Gasteiger partial charge in [-0.3, -0.25) is 4.90 Å². The normalized spacial score (nSPS) is 25.8. The molecule has 0 aromatic heterocycles. The number of terminal acetylenes is 1. The third-order valence-corrected chi connectivity index (χ3v) is 2.84. The molecule has 0 bridgehead atoms. The minimum Gasteiger partial charge on any atom is -0.436 e. The summed E-state index contributed by atoms with van der Waals surface area (Å²) < 4.78 is 4.89. The lowest BCUT2D eigenvalue weighted by Gasteiger charge is -2.35. The molecule has 0 aliphatic carbocycles. The second-order valence-electron chi connectivity index (χ2n) is 3.78. The monoisotopic (exact) mass is 209 g/mol. The van der Waals surface area contributed by atoms with Crippen molar-refractivity contribution in [3.63, 3.8) is 0 Å². The van der Waals surface area contributed by atoms with Crippen LogP contribution in [-0.2, 0) is 4.74 Å². The van der Waals surface area contributed by atoms with Gasteiger partial charge in [0.15, 0.2) is 6.61 Å². The van der Waals surface area contributed by atoms with Crippen LogP contribution in [0.3, 0.4) is 0 Å². The number of carbonyl (C=O) groups is 1. The van der Waals surface area contributed by atoms with E-state index in [4.69, 9.17) is 11.2 Å². The van der Waals surface area contributed by atoms with Gasteiger partial charge in [0.05, 0.1) is 0 Å². The standard InChI is InChI=1S/C10H15N3O2/c1-2-5-15-10(14)12-3-4-13-8-11-6-9(13)7-12/h1,9,11H,3-8H2. The van der Waals surface area contributed by atoms with E-state index in [1.54, 1.807) is 4.90 Å². The molecule has 0 aromatic carbocycles. The topological polar surface area (TPSA) is 44.8 Å². The molecule has 5 heteroatoms. The Morgan fingerprint density at radius 2 is 2.47 bits per heavy atom. The number of amides is 1. The average Bonchev–Trinajstić information content (AvgIpc) is 2.72. The Bertz CT molecular complexity index is 287. The summed E-state index contributed by atoms with van der Waals surface area (Å²) in [7, 11) is 0. The number of hydrogen-bond acceptors (Lipinski definition) is 4. The van der Waals surface area contributed by atoms with Crippen LogP contribution in [0.1, 0.15) is 0 Å². The van der Waals surface area contributed by atoms with Crippen LogP contribution in [0.15, 0.2) is 0 Å². The molecule has 2 saturated heterocycles. The molecule has 1 atom stereocenters. The first kappa shape index (κ1) is 10.3. The first-order chi connectivity index (χ1) is 7.31. The highest BCUT2D eigenvalue weighted by molar-refractivity contribution is 5.68. The second kappa shape index (κ2) is 4.51. The lowest BCUT2D eigenvalue weighted by atomic mass is 10.2. The minimum absolute atomic E-state index is 0.0575. The van der Waals surface area contributed by atoms with E-state index in [1.807, 2.05) is 0 Å². The number of carbonyl (C=O) groups excluding carboxylic acids is 1. The molecule has 82 valence electrons. The van der Waals surface area contributed by atoms with Crippen LogP contribution in [-0.4, -0.2) is 61.4 Å². The molecule has 2 aliphatic rings. The molecule has 15 heavy (non-hydrogen) atoms. The number of nitrogens with zero attached hydrogens (tertiary/aromatic N) is 2. The average molecular weight is 209 g/mol. The van der Waals surface area contributed by atoms with Gasteiger partial charge in [0.1, 0.15) is 0 Å². The van der Waals surface area contributed by atoms with Crippen molar-refractivity contribution >= 4 is 6.09 Å². The van der Waals surface area contributed by atoms with E-state index in [9.17, 15) is 4.79 Å². The van der Waals surface area contributed by atoms with E-state index in [0.29, 0.717) is 6.04 Å². The molecule has 2 aliphatic heterocycles. The van der Waals surface area contributed by atoms with Crippen molar-refractivity contribution in [1.82, 2.24) is 15.1 Å². The summed E-state index contributed by atoms with van der Waals surface area (Å²) in [4.78, 5) is 15.6. The summed E-state index contributed by atoms with van der Waals surface area (Å²) in [5.41, 5.74) is 0. The molecule has 0 aromatic rings. The van der Waals surface area contributed by atoms with Crippen LogP contribution in [0, 0.1) is 12.3 Å². The first-order valence-corrected chi connectivity index (χ1v) is 5.11. The van der Waals surface area contributed by atoms with Gasteiger partial charge in [-0.25, -0.2) is 4.79 Å². The fourth-order valence-corrected chi connectivity index (χ4v) is 2.03. The molecule has 2 rings (SSSR count). The summed E-state index contributed by atoms with van der Waals surface area (Å²) in [6.45, 7) is 4.29. The maximum absolute atomic E-state index is 11.5. The highest BCUT2D eigenvalue weighted by Crippen LogP contribution is 2.12. The maximum atomic E-state index is 11.5. The van der Waals surface area contributed by atoms with E-state index in [1.165, 1.54) is 0 Å². The van der Waals surface area contributed by atoms with Crippen molar-refractivity contribution < 1.29 is 9.53 Å². The SMILES string of the molecule is C#CCOC(=O)N1CCN2CNCC2C1. The molecule has 0 spiro atoms. The predicted molar refractivity (Wildman–Crippen MR) is 55.1 cm³/mol. The van der Waals surface area contributed by atoms with E-state index in [2.05, 4.69) is 16.1 Å². The van der Waals surface area contributed by atoms with Crippen LogP contribution in [0.4, 0.5) is 4.79 Å². The van der Waals surface area contributed by atoms with Gasteiger partial charge in [-0.2, -0.15) is 0 Å². The number of fused-ring (bicyclic) bond motifs is 1. The van der Waals surface area contributed by atoms with Gasteiger partial charge >= 0.3 is 6.09 Å².